The van der Waals surface area contributed by atoms with Gasteiger partial charge in [0.25, 0.3) is 5.89 Å². The second-order valence-corrected chi connectivity index (χ2v) is 6.73. The lowest BCUT2D eigenvalue weighted by Crippen LogP contribution is -2.35. The molecular weight excluding hydrogens is 302 g/mol. The number of carbonyl (C=O) groups excluding carboxylic acids is 1. The molecule has 3 rings (SSSR count). The lowest BCUT2D eigenvalue weighted by molar-refractivity contribution is -0.135. The predicted molar refractivity (Wildman–Crippen MR) is 92.4 cm³/mol. The summed E-state index contributed by atoms with van der Waals surface area (Å²) in [6, 6.07) is 8.00. The van der Waals surface area contributed by atoms with Gasteiger partial charge in [-0.05, 0) is 31.9 Å². The number of amides is 1. The number of benzene rings is 1. The Hall–Kier alpha value is -2.17. The van der Waals surface area contributed by atoms with Crippen molar-refractivity contribution in [1.82, 2.24) is 15.0 Å². The number of likely N-dealkylation sites (N-methyl/N-ethyl adjacent to an activating group) is 1. The van der Waals surface area contributed by atoms with Crippen LogP contribution in [-0.4, -0.2) is 34.5 Å². The zero-order chi connectivity index (χ0) is 16.9. The molecule has 128 valence electrons. The van der Waals surface area contributed by atoms with Crippen molar-refractivity contribution in [3.8, 4) is 11.5 Å². The van der Waals surface area contributed by atoms with Gasteiger partial charge in [0.05, 0.1) is 0 Å². The molecule has 1 amide bonds. The van der Waals surface area contributed by atoms with Gasteiger partial charge >= 0.3 is 0 Å². The van der Waals surface area contributed by atoms with Gasteiger partial charge in [-0.25, -0.2) is 0 Å². The highest BCUT2D eigenvalue weighted by atomic mass is 16.5. The molecule has 24 heavy (non-hydrogen) atoms. The van der Waals surface area contributed by atoms with Gasteiger partial charge in [-0.15, -0.1) is 0 Å². The molecule has 0 radical (unpaired) electrons. The van der Waals surface area contributed by atoms with Crippen LogP contribution in [0.4, 0.5) is 0 Å². The molecule has 1 fully saturated rings. The highest BCUT2D eigenvalue weighted by molar-refractivity contribution is 5.78. The molecular formula is C19H25N3O2. The molecule has 0 bridgehead atoms. The Morgan fingerprint density at radius 2 is 2.08 bits per heavy atom. The Kier molecular flexibility index (Phi) is 5.28. The van der Waals surface area contributed by atoms with E-state index in [1.165, 1.54) is 19.3 Å². The quantitative estimate of drug-likeness (QED) is 0.841. The number of aryl methyl sites for hydroxylation is 1. The molecule has 1 aliphatic rings. The van der Waals surface area contributed by atoms with Gasteiger partial charge in [0.15, 0.2) is 5.82 Å². The number of nitrogens with zero attached hydrogens (tertiary/aromatic N) is 3. The zero-order valence-corrected chi connectivity index (χ0v) is 14.5. The Labute approximate surface area is 143 Å². The van der Waals surface area contributed by atoms with Gasteiger partial charge in [0.2, 0.25) is 5.91 Å². The van der Waals surface area contributed by atoms with E-state index < -0.39 is 0 Å². The summed E-state index contributed by atoms with van der Waals surface area (Å²) in [6.07, 6.45) is 6.29. The van der Waals surface area contributed by atoms with E-state index in [1.807, 2.05) is 43.1 Å². The smallest absolute Gasteiger partial charge is 0.257 e. The zero-order valence-electron chi connectivity index (χ0n) is 14.5. The van der Waals surface area contributed by atoms with E-state index in [4.69, 9.17) is 4.52 Å². The summed E-state index contributed by atoms with van der Waals surface area (Å²) in [5.41, 5.74) is 2.09. The number of rotatable bonds is 5. The maximum Gasteiger partial charge on any atom is 0.257 e. The van der Waals surface area contributed by atoms with E-state index in [0.29, 0.717) is 24.7 Å². The number of hydrogen-bond donors (Lipinski definition) is 0. The molecule has 0 N–H and O–H groups in total. The van der Waals surface area contributed by atoms with Crippen molar-refractivity contribution in [2.45, 2.75) is 45.4 Å². The number of carbonyl (C=O) groups is 1. The summed E-state index contributed by atoms with van der Waals surface area (Å²) >= 11 is 0. The van der Waals surface area contributed by atoms with Gasteiger partial charge in [-0.2, -0.15) is 4.98 Å². The van der Waals surface area contributed by atoms with E-state index in [1.54, 1.807) is 0 Å². The fourth-order valence-corrected chi connectivity index (χ4v) is 3.29. The fourth-order valence-electron chi connectivity index (χ4n) is 3.29. The number of hydrogen-bond acceptors (Lipinski definition) is 4. The maximum absolute atomic E-state index is 12.4. The summed E-state index contributed by atoms with van der Waals surface area (Å²) in [5.74, 6) is 1.65. The normalized spacial score (nSPS) is 15.4. The van der Waals surface area contributed by atoms with Crippen molar-refractivity contribution in [2.24, 2.45) is 5.92 Å². The molecule has 0 atom stereocenters. The summed E-state index contributed by atoms with van der Waals surface area (Å²) < 4.78 is 5.35. The van der Waals surface area contributed by atoms with E-state index in [-0.39, 0.29) is 11.8 Å². The van der Waals surface area contributed by atoms with Crippen LogP contribution in [0.25, 0.3) is 11.5 Å². The molecule has 2 aromatic rings. The van der Waals surface area contributed by atoms with Crippen LogP contribution in [0.2, 0.25) is 0 Å². The first kappa shape index (κ1) is 16.7. The lowest BCUT2D eigenvalue weighted by Gasteiger charge is -2.26. The van der Waals surface area contributed by atoms with E-state index in [2.05, 4.69) is 10.1 Å². The van der Waals surface area contributed by atoms with Crippen molar-refractivity contribution in [3.05, 3.63) is 35.7 Å². The van der Waals surface area contributed by atoms with Gasteiger partial charge < -0.3 is 9.42 Å². The molecule has 1 saturated carbocycles. The monoisotopic (exact) mass is 327 g/mol. The van der Waals surface area contributed by atoms with Crippen molar-refractivity contribution in [1.29, 1.82) is 0 Å². The average molecular weight is 327 g/mol. The van der Waals surface area contributed by atoms with Crippen molar-refractivity contribution >= 4 is 5.91 Å². The minimum atomic E-state index is 0.205. The van der Waals surface area contributed by atoms with Crippen molar-refractivity contribution < 1.29 is 9.32 Å². The first-order chi connectivity index (χ1) is 11.6. The molecule has 5 nitrogen and oxygen atoms in total. The predicted octanol–water partition coefficient (Wildman–Crippen LogP) is 3.63. The third-order valence-corrected chi connectivity index (χ3v) is 4.73. The summed E-state index contributed by atoms with van der Waals surface area (Å²) in [5, 5.41) is 4.04. The maximum atomic E-state index is 12.4. The minimum absolute atomic E-state index is 0.205. The van der Waals surface area contributed by atoms with E-state index >= 15 is 0 Å². The number of aromatic nitrogens is 2. The Balaban J connectivity index is 1.56. The van der Waals surface area contributed by atoms with Crippen LogP contribution in [0.1, 0.15) is 43.5 Å². The molecule has 1 aromatic carbocycles. The van der Waals surface area contributed by atoms with Crippen molar-refractivity contribution in [3.63, 3.8) is 0 Å². The third kappa shape index (κ3) is 4.02. The van der Waals surface area contributed by atoms with Crippen LogP contribution < -0.4 is 0 Å². The third-order valence-electron chi connectivity index (χ3n) is 4.73. The topological polar surface area (TPSA) is 59.2 Å². The van der Waals surface area contributed by atoms with E-state index in [9.17, 15) is 4.79 Å². The molecule has 1 aliphatic carbocycles. The van der Waals surface area contributed by atoms with Crippen LogP contribution in [-0.2, 0) is 11.2 Å². The van der Waals surface area contributed by atoms with Crippen LogP contribution in [0.3, 0.4) is 0 Å². The molecule has 1 heterocycles. The molecule has 1 aromatic heterocycles. The van der Waals surface area contributed by atoms with Crippen LogP contribution in [0, 0.1) is 12.8 Å². The molecule has 0 saturated heterocycles. The van der Waals surface area contributed by atoms with Gasteiger partial charge in [0.1, 0.15) is 0 Å². The van der Waals surface area contributed by atoms with Gasteiger partial charge in [-0.3, -0.25) is 4.79 Å². The Bertz CT molecular complexity index is 689. The first-order valence-corrected chi connectivity index (χ1v) is 8.78. The van der Waals surface area contributed by atoms with Crippen LogP contribution in [0.5, 0.6) is 0 Å². The van der Waals surface area contributed by atoms with E-state index in [0.717, 1.165) is 24.0 Å². The fraction of sp³-hybridized carbons (Fsp3) is 0.526. The second kappa shape index (κ2) is 7.60. The average Bonchev–Trinajstić information content (AvgIpc) is 3.09. The Morgan fingerprint density at radius 3 is 2.83 bits per heavy atom. The summed E-state index contributed by atoms with van der Waals surface area (Å²) in [6.45, 7) is 2.66. The first-order valence-electron chi connectivity index (χ1n) is 8.78. The largest absolute Gasteiger partial charge is 0.345 e. The summed E-state index contributed by atoms with van der Waals surface area (Å²) in [4.78, 5) is 18.7. The highest BCUT2D eigenvalue weighted by Gasteiger charge is 2.24. The van der Waals surface area contributed by atoms with Crippen molar-refractivity contribution in [2.75, 3.05) is 13.6 Å². The van der Waals surface area contributed by atoms with Crippen LogP contribution in [0.15, 0.2) is 28.8 Å². The second-order valence-electron chi connectivity index (χ2n) is 6.73. The highest BCUT2D eigenvalue weighted by Crippen LogP contribution is 2.25. The Morgan fingerprint density at radius 1 is 1.29 bits per heavy atom. The minimum Gasteiger partial charge on any atom is -0.345 e. The van der Waals surface area contributed by atoms with Crippen LogP contribution >= 0.6 is 0 Å². The molecule has 0 spiro atoms. The van der Waals surface area contributed by atoms with Gasteiger partial charge in [0, 0.05) is 31.5 Å². The SMILES string of the molecule is Cc1cccc(-c2nc(CCN(C)C(=O)C3CCCCC3)no2)c1. The standard InChI is InChI=1S/C19H25N3O2/c1-14-7-6-10-16(13-14)18-20-17(21-24-18)11-12-22(2)19(23)15-8-4-3-5-9-15/h6-7,10,13,15H,3-5,8-9,11-12H2,1-2H3. The molecule has 0 aliphatic heterocycles. The molecule has 0 unspecified atom stereocenters. The van der Waals surface area contributed by atoms with Gasteiger partial charge in [-0.1, -0.05) is 42.1 Å². The summed E-state index contributed by atoms with van der Waals surface area (Å²) in [7, 11) is 1.87. The lowest BCUT2D eigenvalue weighted by atomic mass is 9.88. The molecule has 5 heteroatoms.